The fourth-order valence-corrected chi connectivity index (χ4v) is 10.9. The van der Waals surface area contributed by atoms with E-state index in [0.29, 0.717) is 56.3 Å². The molecule has 0 amide bonds. The van der Waals surface area contributed by atoms with Gasteiger partial charge in [0.25, 0.3) is 0 Å². The van der Waals surface area contributed by atoms with Crippen LogP contribution in [0.4, 0.5) is 39.8 Å². The molecule has 13 rings (SSSR count). The van der Waals surface area contributed by atoms with Crippen molar-refractivity contribution in [2.24, 2.45) is 0 Å². The third-order valence-corrected chi connectivity index (χ3v) is 14.9. The maximum atomic E-state index is 10.7. The summed E-state index contributed by atoms with van der Waals surface area (Å²) < 4.78 is 2.35. The molecule has 0 saturated heterocycles. The first kappa shape index (κ1) is 50.4. The molecule has 0 spiro atoms. The third-order valence-electron chi connectivity index (χ3n) is 14.9. The minimum absolute atomic E-state index is 0.342. The van der Waals surface area contributed by atoms with E-state index >= 15 is 0 Å². The highest BCUT2D eigenvalue weighted by atomic mass is 15.1. The molecule has 13 aromatic rings. The Morgan fingerprint density at radius 2 is 0.783 bits per heavy atom. The molecule has 0 radical (unpaired) electrons. The zero-order chi connectivity index (χ0) is 56.2. The van der Waals surface area contributed by atoms with Gasteiger partial charge in [0.1, 0.15) is 0 Å². The molecule has 0 bridgehead atoms. The number of benzene rings is 11. The Morgan fingerprint density at radius 3 is 1.23 bits per heavy atom. The summed E-state index contributed by atoms with van der Waals surface area (Å²) in [4.78, 5) is 18.4. The Labute approximate surface area is 480 Å². The fourth-order valence-electron chi connectivity index (χ4n) is 10.9. The van der Waals surface area contributed by atoms with E-state index in [0.717, 1.165) is 83.9 Å². The van der Waals surface area contributed by atoms with Crippen molar-refractivity contribution in [3.63, 3.8) is 0 Å². The van der Waals surface area contributed by atoms with E-state index in [2.05, 4.69) is 207 Å². The van der Waals surface area contributed by atoms with Gasteiger partial charge in [-0.05, 0) is 174 Å². The van der Waals surface area contributed by atoms with Gasteiger partial charge in [0.05, 0.1) is 63.9 Å². The summed E-state index contributed by atoms with van der Waals surface area (Å²) >= 11 is 0. The predicted octanol–water partition coefficient (Wildman–Crippen LogP) is 19.0. The molecule has 0 atom stereocenters. The monoisotopic (exact) mass is 1060 g/mol. The first-order chi connectivity index (χ1) is 40.9. The number of para-hydroxylation sites is 4. The van der Waals surface area contributed by atoms with E-state index in [-0.39, 0.29) is 0 Å². The summed E-state index contributed by atoms with van der Waals surface area (Å²) in [6.07, 6.45) is 0. The van der Waals surface area contributed by atoms with Gasteiger partial charge in [-0.1, -0.05) is 121 Å². The van der Waals surface area contributed by atoms with E-state index in [4.69, 9.17) is 16.5 Å². The number of nitriles is 3. The number of rotatable bonds is 12. The van der Waals surface area contributed by atoms with Gasteiger partial charge in [-0.3, -0.25) is 0 Å². The van der Waals surface area contributed by atoms with Gasteiger partial charge < -0.3 is 14.4 Å². The topological polar surface area (TPSA) is 113 Å². The maximum Gasteiger partial charge on any atom is 0.195 e. The van der Waals surface area contributed by atoms with Crippen LogP contribution < -0.4 is 9.80 Å². The Morgan fingerprint density at radius 1 is 0.361 bits per heavy atom. The zero-order valence-corrected chi connectivity index (χ0v) is 44.5. The summed E-state index contributed by atoms with van der Waals surface area (Å²) in [7, 11) is 0. The zero-order valence-electron chi connectivity index (χ0n) is 44.5. The second-order valence-electron chi connectivity index (χ2n) is 19.9. The Balaban J connectivity index is 0.867. The molecule has 9 nitrogen and oxygen atoms in total. The van der Waals surface area contributed by atoms with Crippen molar-refractivity contribution >= 4 is 61.6 Å². The molecule has 0 aliphatic carbocycles. The largest absolute Gasteiger partial charge is 0.310 e. The molecule has 2 heterocycles. The van der Waals surface area contributed by atoms with E-state index in [9.17, 15) is 15.8 Å². The van der Waals surface area contributed by atoms with Gasteiger partial charge in [0, 0.05) is 67.3 Å². The minimum atomic E-state index is 0.342. The van der Waals surface area contributed by atoms with Crippen molar-refractivity contribution in [3.8, 4) is 80.1 Å². The lowest BCUT2D eigenvalue weighted by atomic mass is 9.94. The molecule has 0 aliphatic heterocycles. The number of anilines is 6. The minimum Gasteiger partial charge on any atom is -0.310 e. The maximum absolute atomic E-state index is 10.7. The normalized spacial score (nSPS) is 10.8. The lowest BCUT2D eigenvalue weighted by Gasteiger charge is -2.26. The molecule has 0 fully saturated rings. The molecule has 2 aromatic heterocycles. The molecule has 9 heteroatoms. The van der Waals surface area contributed by atoms with Crippen LogP contribution in [-0.4, -0.2) is 14.5 Å². The van der Waals surface area contributed by atoms with Crippen LogP contribution in [0.2, 0.25) is 0 Å². The molecule has 0 saturated carbocycles. The molecular weight excluding hydrogens is 1010 g/mol. The second-order valence-corrected chi connectivity index (χ2v) is 19.9. The Hall–Kier alpha value is -12.1. The van der Waals surface area contributed by atoms with E-state index < -0.39 is 0 Å². The molecule has 0 N–H and O–H groups in total. The number of hydrogen-bond donors (Lipinski definition) is 0. The fraction of sp³-hybridized carbons (Fsp3) is 0. The van der Waals surface area contributed by atoms with E-state index in [1.165, 1.54) is 0 Å². The highest BCUT2D eigenvalue weighted by Gasteiger charge is 2.22. The van der Waals surface area contributed by atoms with Crippen molar-refractivity contribution in [2.75, 3.05) is 9.80 Å². The standard InChI is InChI=1S/C74H45N9/c1-78-70-45-66(71-46-69(55-26-22-50(47-75)23-27-55)79-74(80-71)56-28-24-51(48-76)25-29-56)57(49-77)42-65(70)54-32-30-52(31-33-54)53-34-36-62(37-35-53)83-72-40-38-63(81(58-14-6-2-7-15-58)59-16-8-3-9-17-59)43-67(72)68-44-64(39-41-73(68)83)82(60-18-10-4-11-19-60)61-20-12-5-13-21-61/h2-46H. The third kappa shape index (κ3) is 9.73. The molecule has 11 aromatic carbocycles. The highest BCUT2D eigenvalue weighted by molar-refractivity contribution is 6.12. The van der Waals surface area contributed by atoms with Gasteiger partial charge in [0.2, 0.25) is 0 Å². The lowest BCUT2D eigenvalue weighted by molar-refractivity contribution is 1.18. The first-order valence-electron chi connectivity index (χ1n) is 26.9. The van der Waals surface area contributed by atoms with Crippen molar-refractivity contribution in [3.05, 3.63) is 301 Å². The number of nitrogens with zero attached hydrogens (tertiary/aromatic N) is 9. The smallest absolute Gasteiger partial charge is 0.195 e. The lowest BCUT2D eigenvalue weighted by Crippen LogP contribution is -2.09. The quantitative estimate of drug-likeness (QED) is 0.112. The second kappa shape index (κ2) is 21.9. The first-order valence-corrected chi connectivity index (χ1v) is 26.9. The molecular formula is C74H45N9. The van der Waals surface area contributed by atoms with Crippen LogP contribution in [0.15, 0.2) is 273 Å². The van der Waals surface area contributed by atoms with Crippen LogP contribution >= 0.6 is 0 Å². The summed E-state index contributed by atoms with van der Waals surface area (Å²) in [5, 5.41) is 31.9. The molecule has 0 unspecified atom stereocenters. The highest BCUT2D eigenvalue weighted by Crippen LogP contribution is 2.44. The van der Waals surface area contributed by atoms with Crippen molar-refractivity contribution in [1.29, 1.82) is 15.8 Å². The van der Waals surface area contributed by atoms with E-state index in [1.54, 1.807) is 54.6 Å². The Bertz CT molecular complexity index is 4430. The number of aromatic nitrogens is 3. The van der Waals surface area contributed by atoms with Crippen LogP contribution in [0.25, 0.3) is 88.5 Å². The van der Waals surface area contributed by atoms with Gasteiger partial charge in [-0.25, -0.2) is 14.8 Å². The van der Waals surface area contributed by atoms with E-state index in [1.807, 2.05) is 48.5 Å². The van der Waals surface area contributed by atoms with Crippen LogP contribution in [-0.2, 0) is 0 Å². The number of hydrogen-bond acceptors (Lipinski definition) is 7. The van der Waals surface area contributed by atoms with Gasteiger partial charge >= 0.3 is 0 Å². The van der Waals surface area contributed by atoms with Crippen molar-refractivity contribution in [1.82, 2.24) is 14.5 Å². The molecule has 386 valence electrons. The SMILES string of the molecule is [C-]#[N+]c1cc(-c2cc(-c3ccc(C#N)cc3)nc(-c3ccc(C#N)cc3)n2)c(C#N)cc1-c1ccc(-c2ccc(-n3c4ccc(N(c5ccccc5)c5ccccc5)cc4c4cc(N(c5ccccc5)c5ccccc5)ccc43)cc2)cc1. The number of fused-ring (bicyclic) bond motifs is 3. The van der Waals surface area contributed by atoms with Crippen LogP contribution in [0.5, 0.6) is 0 Å². The van der Waals surface area contributed by atoms with Crippen molar-refractivity contribution in [2.45, 2.75) is 0 Å². The average molecular weight is 1060 g/mol. The van der Waals surface area contributed by atoms with Crippen molar-refractivity contribution < 1.29 is 0 Å². The van der Waals surface area contributed by atoms with Crippen LogP contribution in [0, 0.1) is 40.6 Å². The molecule has 0 aliphatic rings. The van der Waals surface area contributed by atoms with Gasteiger partial charge in [-0.2, -0.15) is 15.8 Å². The van der Waals surface area contributed by atoms with Gasteiger partial charge in [0.15, 0.2) is 11.5 Å². The van der Waals surface area contributed by atoms with Crippen LogP contribution in [0.3, 0.4) is 0 Å². The van der Waals surface area contributed by atoms with Gasteiger partial charge in [-0.15, -0.1) is 0 Å². The predicted molar refractivity (Wildman–Crippen MR) is 333 cm³/mol. The van der Waals surface area contributed by atoms with Crippen LogP contribution in [0.1, 0.15) is 16.7 Å². The average Bonchev–Trinajstić information content (AvgIpc) is 2.89. The summed E-state index contributed by atoms with van der Waals surface area (Å²) in [5.41, 5.74) is 17.6. The summed E-state index contributed by atoms with van der Waals surface area (Å²) in [5.74, 6) is 0.384. The molecule has 83 heavy (non-hydrogen) atoms. The Kier molecular flexibility index (Phi) is 13.3. The summed E-state index contributed by atoms with van der Waals surface area (Å²) in [6, 6.07) is 98.3. The summed E-state index contributed by atoms with van der Waals surface area (Å²) in [6.45, 7) is 8.36.